The summed E-state index contributed by atoms with van der Waals surface area (Å²) in [6.45, 7) is 3.43. The summed E-state index contributed by atoms with van der Waals surface area (Å²) in [6.07, 6.45) is 0. The summed E-state index contributed by atoms with van der Waals surface area (Å²) >= 11 is 1.42. The quantitative estimate of drug-likeness (QED) is 0.811. The summed E-state index contributed by atoms with van der Waals surface area (Å²) in [7, 11) is -3.75. The molecule has 7 nitrogen and oxygen atoms in total. The van der Waals surface area contributed by atoms with Crippen LogP contribution >= 0.6 is 11.3 Å². The fourth-order valence-corrected chi connectivity index (χ4v) is 4.79. The molecule has 0 atom stereocenters. The third kappa shape index (κ3) is 4.07. The lowest BCUT2D eigenvalue weighted by Crippen LogP contribution is -2.40. The number of ether oxygens (including phenoxy) is 2. The van der Waals surface area contributed by atoms with Gasteiger partial charge in [0.25, 0.3) is 5.91 Å². The number of rotatable bonds is 6. The Morgan fingerprint density at radius 2 is 2.08 bits per heavy atom. The number of benzene rings is 1. The summed E-state index contributed by atoms with van der Waals surface area (Å²) in [4.78, 5) is 12.3. The Balaban J connectivity index is 1.92. The number of carbonyl (C=O) groups excluding carboxylic acids is 1. The van der Waals surface area contributed by atoms with Gasteiger partial charge in [-0.25, -0.2) is 8.42 Å². The molecule has 2 aromatic rings. The van der Waals surface area contributed by atoms with Crippen molar-refractivity contribution in [1.82, 2.24) is 4.31 Å². The topological polar surface area (TPSA) is 84.9 Å². The second kappa shape index (κ2) is 8.17. The van der Waals surface area contributed by atoms with Crippen LogP contribution in [-0.4, -0.2) is 51.5 Å². The first-order valence-electron chi connectivity index (χ1n) is 8.20. The van der Waals surface area contributed by atoms with Crippen LogP contribution in [0.1, 0.15) is 17.3 Å². The second-order valence-electron chi connectivity index (χ2n) is 5.58. The monoisotopic (exact) mass is 396 g/mol. The van der Waals surface area contributed by atoms with Gasteiger partial charge in [-0.3, -0.25) is 4.79 Å². The lowest BCUT2D eigenvalue weighted by atomic mass is 10.2. The standard InChI is InChI=1S/C17H20N2O5S2/c1-2-24-15-4-3-14(18-17(20)13-5-10-25-12-13)11-16(15)26(21,22)19-6-8-23-9-7-19/h3-5,10-12H,2,6-9H2,1H3,(H,18,20). The van der Waals surface area contributed by atoms with Crippen LogP contribution in [0.2, 0.25) is 0 Å². The van der Waals surface area contributed by atoms with E-state index in [2.05, 4.69) is 5.32 Å². The molecule has 0 bridgehead atoms. The summed E-state index contributed by atoms with van der Waals surface area (Å²) < 4.78 is 38.2. The first-order valence-corrected chi connectivity index (χ1v) is 10.6. The first kappa shape index (κ1) is 18.8. The molecule has 0 radical (unpaired) electrons. The summed E-state index contributed by atoms with van der Waals surface area (Å²) in [5, 5.41) is 6.27. The highest BCUT2D eigenvalue weighted by molar-refractivity contribution is 7.89. The minimum absolute atomic E-state index is 0.0457. The van der Waals surface area contributed by atoms with E-state index in [1.54, 1.807) is 35.9 Å². The Morgan fingerprint density at radius 1 is 1.31 bits per heavy atom. The van der Waals surface area contributed by atoms with E-state index < -0.39 is 10.0 Å². The minimum atomic E-state index is -3.75. The van der Waals surface area contributed by atoms with Crippen molar-refractivity contribution < 1.29 is 22.7 Å². The molecule has 1 aromatic carbocycles. The van der Waals surface area contributed by atoms with E-state index in [0.29, 0.717) is 44.2 Å². The Labute approximate surface area is 156 Å². The number of sulfonamides is 1. The molecule has 140 valence electrons. The van der Waals surface area contributed by atoms with Crippen molar-refractivity contribution in [3.05, 3.63) is 40.6 Å². The Morgan fingerprint density at radius 3 is 2.73 bits per heavy atom. The molecule has 0 saturated carbocycles. The van der Waals surface area contributed by atoms with Gasteiger partial charge in [-0.2, -0.15) is 15.6 Å². The van der Waals surface area contributed by atoms with Crippen LogP contribution in [0, 0.1) is 0 Å². The molecule has 1 N–H and O–H groups in total. The van der Waals surface area contributed by atoms with Crippen LogP contribution in [0.3, 0.4) is 0 Å². The highest BCUT2D eigenvalue weighted by atomic mass is 32.2. The lowest BCUT2D eigenvalue weighted by Gasteiger charge is -2.27. The van der Waals surface area contributed by atoms with Crippen molar-refractivity contribution in [1.29, 1.82) is 0 Å². The smallest absolute Gasteiger partial charge is 0.256 e. The normalized spacial score (nSPS) is 15.6. The van der Waals surface area contributed by atoms with Crippen molar-refractivity contribution in [3.8, 4) is 5.75 Å². The predicted octanol–water partition coefficient (Wildman–Crippen LogP) is 2.42. The zero-order chi connectivity index (χ0) is 18.6. The van der Waals surface area contributed by atoms with Gasteiger partial charge >= 0.3 is 0 Å². The van der Waals surface area contributed by atoms with E-state index in [0.717, 1.165) is 0 Å². The molecule has 1 aromatic heterocycles. The average Bonchev–Trinajstić information content (AvgIpc) is 3.19. The second-order valence-corrected chi connectivity index (χ2v) is 8.26. The maximum absolute atomic E-state index is 13.0. The van der Waals surface area contributed by atoms with Gasteiger partial charge < -0.3 is 14.8 Å². The lowest BCUT2D eigenvalue weighted by molar-refractivity contribution is 0.0729. The molecule has 9 heteroatoms. The number of amides is 1. The maximum Gasteiger partial charge on any atom is 0.256 e. The number of nitrogens with zero attached hydrogens (tertiary/aromatic N) is 1. The summed E-state index contributed by atoms with van der Waals surface area (Å²) in [5.41, 5.74) is 0.929. The van der Waals surface area contributed by atoms with Gasteiger partial charge in [-0.05, 0) is 36.6 Å². The number of carbonyl (C=O) groups is 1. The number of hydrogen-bond donors (Lipinski definition) is 1. The van der Waals surface area contributed by atoms with Crippen molar-refractivity contribution in [3.63, 3.8) is 0 Å². The molecule has 0 unspecified atom stereocenters. The Hall–Kier alpha value is -1.94. The summed E-state index contributed by atoms with van der Waals surface area (Å²) in [6, 6.07) is 6.35. The zero-order valence-electron chi connectivity index (χ0n) is 14.3. The van der Waals surface area contributed by atoms with Crippen LogP contribution in [-0.2, 0) is 14.8 Å². The van der Waals surface area contributed by atoms with Crippen LogP contribution in [0.15, 0.2) is 39.9 Å². The van der Waals surface area contributed by atoms with Crippen LogP contribution in [0.25, 0.3) is 0 Å². The van der Waals surface area contributed by atoms with Gasteiger partial charge in [0.15, 0.2) is 0 Å². The third-order valence-electron chi connectivity index (χ3n) is 3.87. The molecular weight excluding hydrogens is 376 g/mol. The molecule has 0 spiro atoms. The molecule has 1 fully saturated rings. The molecule has 3 rings (SSSR count). The summed E-state index contributed by atoms with van der Waals surface area (Å²) in [5.74, 6) is -0.0161. The Kier molecular flexibility index (Phi) is 5.92. The highest BCUT2D eigenvalue weighted by Gasteiger charge is 2.29. The van der Waals surface area contributed by atoms with Gasteiger partial charge in [0.05, 0.1) is 25.4 Å². The van der Waals surface area contributed by atoms with Gasteiger partial charge in [-0.1, -0.05) is 0 Å². The molecule has 1 amide bonds. The number of hydrogen-bond acceptors (Lipinski definition) is 6. The molecular formula is C17H20N2O5S2. The van der Waals surface area contributed by atoms with Gasteiger partial charge in [0.1, 0.15) is 10.6 Å². The first-order chi connectivity index (χ1) is 12.5. The Bertz CT molecular complexity index is 859. The number of nitrogens with one attached hydrogen (secondary N) is 1. The van der Waals surface area contributed by atoms with Crippen molar-refractivity contribution in [2.75, 3.05) is 38.2 Å². The van der Waals surface area contributed by atoms with Gasteiger partial charge in [0, 0.05) is 24.2 Å². The largest absolute Gasteiger partial charge is 0.492 e. The van der Waals surface area contributed by atoms with Gasteiger partial charge in [0.2, 0.25) is 10.0 Å². The fraction of sp³-hybridized carbons (Fsp3) is 0.353. The van der Waals surface area contributed by atoms with Crippen LogP contribution in [0.4, 0.5) is 5.69 Å². The molecule has 1 saturated heterocycles. The van der Waals surface area contributed by atoms with E-state index in [9.17, 15) is 13.2 Å². The maximum atomic E-state index is 13.0. The minimum Gasteiger partial charge on any atom is -0.492 e. The molecule has 1 aliphatic heterocycles. The molecule has 0 aliphatic carbocycles. The van der Waals surface area contributed by atoms with E-state index >= 15 is 0 Å². The van der Waals surface area contributed by atoms with Crippen LogP contribution < -0.4 is 10.1 Å². The molecule has 1 aliphatic rings. The van der Waals surface area contributed by atoms with Crippen molar-refractivity contribution in [2.24, 2.45) is 0 Å². The third-order valence-corrected chi connectivity index (χ3v) is 6.48. The highest BCUT2D eigenvalue weighted by Crippen LogP contribution is 2.30. The molecule has 26 heavy (non-hydrogen) atoms. The number of morpholine rings is 1. The van der Waals surface area contributed by atoms with Crippen LogP contribution in [0.5, 0.6) is 5.75 Å². The predicted molar refractivity (Wildman–Crippen MR) is 99.5 cm³/mol. The van der Waals surface area contributed by atoms with Crippen molar-refractivity contribution >= 4 is 33.0 Å². The van der Waals surface area contributed by atoms with E-state index in [1.165, 1.54) is 21.7 Å². The number of anilines is 1. The molecule has 2 heterocycles. The van der Waals surface area contributed by atoms with E-state index in [1.807, 2.05) is 0 Å². The van der Waals surface area contributed by atoms with E-state index in [4.69, 9.17) is 9.47 Å². The van der Waals surface area contributed by atoms with Crippen molar-refractivity contribution in [2.45, 2.75) is 11.8 Å². The average molecular weight is 396 g/mol. The van der Waals surface area contributed by atoms with Gasteiger partial charge in [-0.15, -0.1) is 0 Å². The van der Waals surface area contributed by atoms with E-state index in [-0.39, 0.29) is 16.6 Å². The SMILES string of the molecule is CCOc1ccc(NC(=O)c2ccsc2)cc1S(=O)(=O)N1CCOCC1. The number of thiophene rings is 1. The zero-order valence-corrected chi connectivity index (χ0v) is 15.9. The fourth-order valence-electron chi connectivity index (χ4n) is 2.59.